The summed E-state index contributed by atoms with van der Waals surface area (Å²) in [7, 11) is 1.65. The Hall–Kier alpha value is -8.75. The highest BCUT2D eigenvalue weighted by molar-refractivity contribution is 6.15. The summed E-state index contributed by atoms with van der Waals surface area (Å²) in [5.74, 6) is -8.57. The fourth-order valence-electron chi connectivity index (χ4n) is 10.9. The Morgan fingerprint density at radius 1 is 0.878 bits per heavy atom. The molecule has 0 spiro atoms. The molecule has 25 nitrogen and oxygen atoms in total. The predicted octanol–water partition coefficient (Wildman–Crippen LogP) is -0.724. The van der Waals surface area contributed by atoms with E-state index in [0.29, 0.717) is 68.7 Å². The highest BCUT2D eigenvalue weighted by Crippen LogP contribution is 2.48. The molecule has 5 heterocycles. The zero-order valence-corrected chi connectivity index (χ0v) is 45.1. The van der Waals surface area contributed by atoms with Crippen LogP contribution in [0.2, 0.25) is 0 Å². The number of amides is 8. The molecular formula is C56H61FN10O15. The average molecular weight is 1130 g/mol. The number of hydrogen-bond acceptors (Lipinski definition) is 16. The van der Waals surface area contributed by atoms with Crippen molar-refractivity contribution in [3.63, 3.8) is 0 Å². The number of benzene rings is 2. The van der Waals surface area contributed by atoms with Crippen LogP contribution in [0.1, 0.15) is 84.0 Å². The van der Waals surface area contributed by atoms with E-state index in [1.54, 1.807) is 62.2 Å². The molecule has 0 saturated heterocycles. The molecule has 2 aliphatic carbocycles. The van der Waals surface area contributed by atoms with Crippen LogP contribution in [0, 0.1) is 18.7 Å². The van der Waals surface area contributed by atoms with Gasteiger partial charge in [-0.25, -0.2) is 14.2 Å². The summed E-state index contributed by atoms with van der Waals surface area (Å²) in [6, 6.07) is 8.15. The molecule has 3 aliphatic heterocycles. The molecule has 2 aromatic carbocycles. The first-order valence-corrected chi connectivity index (χ1v) is 26.8. The summed E-state index contributed by atoms with van der Waals surface area (Å²) in [5.41, 5.74) is 1.84. The van der Waals surface area contributed by atoms with Crippen LogP contribution in [-0.2, 0) is 89.0 Å². The smallest absolute Gasteiger partial charge is 0.343 e. The number of aryl methyl sites for hydroxylation is 1. The van der Waals surface area contributed by atoms with Crippen molar-refractivity contribution >= 4 is 70.1 Å². The molecule has 26 heteroatoms. The van der Waals surface area contributed by atoms with Gasteiger partial charge < -0.3 is 61.1 Å². The Balaban J connectivity index is 0.823. The van der Waals surface area contributed by atoms with Gasteiger partial charge in [-0.05, 0) is 66.8 Å². The number of hydrogen-bond donors (Lipinski definition) is 8. The van der Waals surface area contributed by atoms with Gasteiger partial charge in [0.25, 0.3) is 23.3 Å². The van der Waals surface area contributed by atoms with Gasteiger partial charge in [0.2, 0.25) is 29.5 Å². The lowest BCUT2D eigenvalue weighted by atomic mass is 9.81. The minimum absolute atomic E-state index is 0.0309. The summed E-state index contributed by atoms with van der Waals surface area (Å²) in [6.45, 7) is -0.395. The number of ether oxygens (including phenoxy) is 2. The minimum atomic E-state index is -2.07. The van der Waals surface area contributed by atoms with E-state index in [1.807, 2.05) is 0 Å². The van der Waals surface area contributed by atoms with Crippen LogP contribution in [0.5, 0.6) is 0 Å². The summed E-state index contributed by atoms with van der Waals surface area (Å²) in [4.78, 5) is 150. The third kappa shape index (κ3) is 12.0. The van der Waals surface area contributed by atoms with E-state index in [4.69, 9.17) is 19.6 Å². The monoisotopic (exact) mass is 1130 g/mol. The molecule has 2 aromatic heterocycles. The number of carbonyl (C=O) groups is 10. The molecule has 432 valence electrons. The van der Waals surface area contributed by atoms with Crippen molar-refractivity contribution < 1.29 is 72.0 Å². The quantitative estimate of drug-likeness (QED) is 0.0215. The number of cyclic esters (lactones) is 1. The number of aliphatic hydroxyl groups is 1. The van der Waals surface area contributed by atoms with E-state index in [1.165, 1.54) is 10.6 Å². The summed E-state index contributed by atoms with van der Waals surface area (Å²) in [5, 5.41) is 35.7. The van der Waals surface area contributed by atoms with Gasteiger partial charge in [-0.2, -0.15) is 0 Å². The number of carbonyl (C=O) groups excluding carboxylic acids is 9. The molecular weight excluding hydrogens is 1070 g/mol. The number of nitrogens with zero attached hydrogens (tertiary/aromatic N) is 4. The second-order valence-electron chi connectivity index (χ2n) is 20.8. The van der Waals surface area contributed by atoms with Crippen LogP contribution >= 0.6 is 0 Å². The molecule has 9 rings (SSSR count). The van der Waals surface area contributed by atoms with E-state index in [9.17, 15) is 57.8 Å². The largest absolute Gasteiger partial charge is 0.480 e. The maximum absolute atomic E-state index is 15.6. The van der Waals surface area contributed by atoms with Crippen molar-refractivity contribution in [3.8, 4) is 11.4 Å². The number of imide groups is 1. The third-order valence-corrected chi connectivity index (χ3v) is 15.5. The van der Waals surface area contributed by atoms with Crippen LogP contribution in [0.4, 0.5) is 4.39 Å². The van der Waals surface area contributed by atoms with Crippen LogP contribution in [0.3, 0.4) is 0 Å². The van der Waals surface area contributed by atoms with E-state index in [0.717, 1.165) is 30.6 Å². The normalized spacial score (nSPS) is 18.6. The molecule has 5 aliphatic rings. The molecule has 0 bridgehead atoms. The fourth-order valence-corrected chi connectivity index (χ4v) is 10.9. The molecule has 1 fully saturated rings. The number of rotatable bonds is 24. The Labute approximate surface area is 467 Å². The van der Waals surface area contributed by atoms with Crippen molar-refractivity contribution in [1.29, 1.82) is 0 Å². The molecule has 8 N–H and O–H groups in total. The van der Waals surface area contributed by atoms with Gasteiger partial charge >= 0.3 is 11.9 Å². The van der Waals surface area contributed by atoms with E-state index >= 15 is 4.39 Å². The molecule has 0 unspecified atom stereocenters. The molecule has 8 amide bonds. The number of carboxylic acid groups (broad SMARTS) is 1. The lowest BCUT2D eigenvalue weighted by Gasteiger charge is -2.36. The van der Waals surface area contributed by atoms with Gasteiger partial charge in [0.05, 0.1) is 61.2 Å². The fraction of sp³-hybridized carbons (Fsp3) is 0.429. The van der Waals surface area contributed by atoms with Crippen LogP contribution < -0.4 is 37.5 Å². The SMILES string of the molecule is CC[C@@]1(O)C(=O)OCc2c1cc1n(c2=O)Cc2c-1nc1cc(F)c(C)c3c1c2[C@@H](N(C)C(=O)[C@H](CC1CC1)OCNC(=O)CNC(=O)[C@H](Cc1ccccc1)NC(=O)CNC(=O)CNC(=O)[C@@H](CNCC(=O)O)N1C(=O)C=CC1=O)CC3. The van der Waals surface area contributed by atoms with E-state index in [-0.39, 0.29) is 43.0 Å². The van der Waals surface area contributed by atoms with Crippen molar-refractivity contribution in [3.05, 3.63) is 110 Å². The molecule has 5 atom stereocenters. The van der Waals surface area contributed by atoms with Gasteiger partial charge in [-0.3, -0.25) is 52.8 Å². The lowest BCUT2D eigenvalue weighted by Crippen LogP contribution is -2.56. The maximum Gasteiger partial charge on any atom is 0.343 e. The van der Waals surface area contributed by atoms with Crippen LogP contribution in [-0.4, -0.2) is 153 Å². The number of halogens is 1. The first-order valence-electron chi connectivity index (χ1n) is 26.8. The number of carboxylic acids is 1. The predicted molar refractivity (Wildman–Crippen MR) is 285 cm³/mol. The van der Waals surface area contributed by atoms with E-state index in [2.05, 4.69) is 31.9 Å². The number of likely N-dealkylation sites (N-methyl/N-ethyl adjacent to an activating group) is 1. The standard InChI is InChI=1S/C56H61FN10O15/c1-4-56(80)34-18-39-50-32(25-66(39)53(77)33(34)26-81-55(56)79)49-38(13-12-31-28(2)35(57)19-36(64-50)48(31)49)65(3)54(78)41(17-30-10-11-30)82-27-62-43(69)22-60-51(75)37(16-29-8-6-5-7-9-29)63-44(70)23-59-42(68)21-61-52(76)40(20-58-24-47(73)74)67-45(71)14-15-46(67)72/h5-9,14-15,18-19,30,37-38,40-41,58,80H,4,10-13,16-17,20-27H2,1-3H3,(H,59,68)(H,60,75)(H,61,76)(H,62,69)(H,63,70)(H,73,74)/t37-,38-,40+,41-,56-/m0/s1. The number of pyridine rings is 2. The van der Waals surface area contributed by atoms with Crippen molar-refractivity contribution in [2.75, 3.05) is 46.5 Å². The average Bonchev–Trinajstić information content (AvgIpc) is 4.20. The zero-order valence-electron chi connectivity index (χ0n) is 45.1. The van der Waals surface area contributed by atoms with Crippen LogP contribution in [0.15, 0.2) is 59.4 Å². The number of aromatic nitrogens is 2. The van der Waals surface area contributed by atoms with E-state index < -0.39 is 140 Å². The Morgan fingerprint density at radius 2 is 1.56 bits per heavy atom. The zero-order chi connectivity index (χ0) is 58.7. The van der Waals surface area contributed by atoms with Crippen molar-refractivity contribution in [1.82, 2.24) is 51.3 Å². The van der Waals surface area contributed by atoms with Gasteiger partial charge in [0, 0.05) is 54.7 Å². The Bertz CT molecular complexity index is 3400. The second-order valence-corrected chi connectivity index (χ2v) is 20.8. The first kappa shape index (κ1) is 57.9. The van der Waals surface area contributed by atoms with Crippen molar-refractivity contribution in [2.24, 2.45) is 5.92 Å². The number of aliphatic carboxylic acids is 1. The first-order chi connectivity index (χ1) is 39.2. The van der Waals surface area contributed by atoms with Crippen molar-refractivity contribution in [2.45, 2.75) is 102 Å². The van der Waals surface area contributed by atoms with Gasteiger partial charge in [-0.1, -0.05) is 50.1 Å². The van der Waals surface area contributed by atoms with Gasteiger partial charge in [0.1, 0.15) is 37.3 Å². The molecule has 1 saturated carbocycles. The second kappa shape index (κ2) is 24.1. The number of esters is 1. The van der Waals surface area contributed by atoms with Gasteiger partial charge in [0.15, 0.2) is 5.60 Å². The summed E-state index contributed by atoms with van der Waals surface area (Å²) >= 11 is 0. The lowest BCUT2D eigenvalue weighted by molar-refractivity contribution is -0.172. The highest BCUT2D eigenvalue weighted by Gasteiger charge is 2.47. The van der Waals surface area contributed by atoms with Crippen LogP contribution in [0.25, 0.3) is 22.3 Å². The van der Waals surface area contributed by atoms with Gasteiger partial charge in [-0.15, -0.1) is 0 Å². The Morgan fingerprint density at radius 3 is 2.24 bits per heavy atom. The minimum Gasteiger partial charge on any atom is -0.480 e. The summed E-state index contributed by atoms with van der Waals surface area (Å²) in [6.07, 6.45) is 3.60. The maximum atomic E-state index is 15.6. The molecule has 4 aromatic rings. The number of nitrogens with one attached hydrogen (secondary N) is 6. The summed E-state index contributed by atoms with van der Waals surface area (Å²) < 4.78 is 28.5. The number of fused-ring (bicyclic) bond motifs is 5. The molecule has 0 radical (unpaired) electrons. The topological polar surface area (TPSA) is 343 Å². The third-order valence-electron chi connectivity index (χ3n) is 15.5. The highest BCUT2D eigenvalue weighted by atomic mass is 19.1. The molecule has 82 heavy (non-hydrogen) atoms. The Kier molecular flexibility index (Phi) is 17.1.